The van der Waals surface area contributed by atoms with E-state index in [4.69, 9.17) is 10.8 Å². The Bertz CT molecular complexity index is 66.1. The Labute approximate surface area is 56.2 Å². The minimum Gasteiger partial charge on any atom is -0.392 e. The van der Waals surface area contributed by atoms with Crippen molar-refractivity contribution in [1.29, 1.82) is 0 Å². The molecule has 0 aliphatic carbocycles. The van der Waals surface area contributed by atoms with Crippen molar-refractivity contribution in [2.75, 3.05) is 13.1 Å². The van der Waals surface area contributed by atoms with E-state index in [9.17, 15) is 0 Å². The number of hydrogen-bond donors (Lipinski definition) is 3. The van der Waals surface area contributed by atoms with E-state index in [0.29, 0.717) is 19.1 Å². The van der Waals surface area contributed by atoms with E-state index in [1.807, 2.05) is 6.92 Å². The molecule has 0 saturated heterocycles. The van der Waals surface area contributed by atoms with Gasteiger partial charge in [-0.1, -0.05) is 0 Å². The van der Waals surface area contributed by atoms with Gasteiger partial charge in [0.1, 0.15) is 0 Å². The van der Waals surface area contributed by atoms with Crippen LogP contribution in [0, 0.1) is 0 Å². The second kappa shape index (κ2) is 4.73. The normalized spacial score (nSPS) is 17.3. The average molecular weight is 132 g/mol. The zero-order chi connectivity index (χ0) is 7.28. The Balaban J connectivity index is 3.06. The number of rotatable bonds is 4. The van der Waals surface area contributed by atoms with E-state index in [0.717, 1.165) is 0 Å². The molecule has 0 saturated carbocycles. The molecular formula is C6H16N2O. The Morgan fingerprint density at radius 2 is 2.11 bits per heavy atom. The predicted molar refractivity (Wildman–Crippen MR) is 38.2 cm³/mol. The topological polar surface area (TPSA) is 58.3 Å². The zero-order valence-corrected chi connectivity index (χ0v) is 6.09. The number of aliphatic hydroxyl groups excluding tert-OH is 1. The summed E-state index contributed by atoms with van der Waals surface area (Å²) in [5.41, 5.74) is 5.31. The minimum absolute atomic E-state index is 0.279. The van der Waals surface area contributed by atoms with Gasteiger partial charge in [-0.3, -0.25) is 0 Å². The molecule has 0 aliphatic heterocycles. The van der Waals surface area contributed by atoms with Crippen LogP contribution in [0.3, 0.4) is 0 Å². The maximum atomic E-state index is 8.79. The van der Waals surface area contributed by atoms with Crippen molar-refractivity contribution < 1.29 is 5.11 Å². The highest BCUT2D eigenvalue weighted by molar-refractivity contribution is 4.61. The van der Waals surface area contributed by atoms with Crippen LogP contribution in [0.2, 0.25) is 0 Å². The van der Waals surface area contributed by atoms with Crippen LogP contribution >= 0.6 is 0 Å². The quantitative estimate of drug-likeness (QED) is 0.474. The smallest absolute Gasteiger partial charge is 0.0636 e. The monoisotopic (exact) mass is 132 g/mol. The Morgan fingerprint density at radius 3 is 2.44 bits per heavy atom. The fraction of sp³-hybridized carbons (Fsp3) is 1.00. The van der Waals surface area contributed by atoms with E-state index in [1.165, 1.54) is 0 Å². The van der Waals surface area contributed by atoms with Crippen molar-refractivity contribution in [2.24, 2.45) is 5.73 Å². The van der Waals surface area contributed by atoms with Gasteiger partial charge in [0.05, 0.1) is 6.10 Å². The second-order valence-electron chi connectivity index (χ2n) is 2.39. The SMILES string of the molecule is CC(CN)NC[C@H](C)O. The van der Waals surface area contributed by atoms with Crippen LogP contribution in [0.1, 0.15) is 13.8 Å². The first-order valence-electron chi connectivity index (χ1n) is 3.28. The summed E-state index contributed by atoms with van der Waals surface area (Å²) in [5.74, 6) is 0. The fourth-order valence-electron chi connectivity index (χ4n) is 0.455. The standard InChI is InChI=1S/C6H16N2O/c1-5(3-7)8-4-6(2)9/h5-6,8-9H,3-4,7H2,1-2H3/t5?,6-/m0/s1. The van der Waals surface area contributed by atoms with Gasteiger partial charge in [-0.05, 0) is 13.8 Å². The second-order valence-corrected chi connectivity index (χ2v) is 2.39. The Hall–Kier alpha value is -0.120. The molecule has 0 bridgehead atoms. The van der Waals surface area contributed by atoms with E-state index in [2.05, 4.69) is 5.32 Å². The molecule has 3 heteroatoms. The Morgan fingerprint density at radius 1 is 1.56 bits per heavy atom. The molecule has 0 aliphatic rings. The van der Waals surface area contributed by atoms with E-state index < -0.39 is 0 Å². The molecule has 4 N–H and O–H groups in total. The molecule has 0 amide bonds. The molecule has 3 nitrogen and oxygen atoms in total. The lowest BCUT2D eigenvalue weighted by Gasteiger charge is -2.11. The van der Waals surface area contributed by atoms with Crippen LogP contribution in [0.15, 0.2) is 0 Å². The number of nitrogens with two attached hydrogens (primary N) is 1. The third-order valence-corrected chi connectivity index (χ3v) is 1.12. The summed E-state index contributed by atoms with van der Waals surface area (Å²) in [4.78, 5) is 0. The molecule has 0 fully saturated rings. The van der Waals surface area contributed by atoms with Crippen LogP contribution in [0.4, 0.5) is 0 Å². The summed E-state index contributed by atoms with van der Waals surface area (Å²) >= 11 is 0. The van der Waals surface area contributed by atoms with Crippen LogP contribution in [0.5, 0.6) is 0 Å². The first-order chi connectivity index (χ1) is 4.16. The summed E-state index contributed by atoms with van der Waals surface area (Å²) in [5, 5.41) is 11.9. The molecule has 0 heterocycles. The van der Waals surface area contributed by atoms with Gasteiger partial charge in [-0.2, -0.15) is 0 Å². The molecule has 0 radical (unpaired) electrons. The maximum absolute atomic E-state index is 8.79. The number of hydrogen-bond acceptors (Lipinski definition) is 3. The molecule has 0 aromatic heterocycles. The van der Waals surface area contributed by atoms with Crippen molar-refractivity contribution in [1.82, 2.24) is 5.32 Å². The molecular weight excluding hydrogens is 116 g/mol. The predicted octanol–water partition coefficient (Wildman–Crippen LogP) is -0.696. The van der Waals surface area contributed by atoms with Gasteiger partial charge in [0.15, 0.2) is 0 Å². The molecule has 9 heavy (non-hydrogen) atoms. The van der Waals surface area contributed by atoms with Crippen LogP contribution in [-0.2, 0) is 0 Å². The first-order valence-corrected chi connectivity index (χ1v) is 3.28. The van der Waals surface area contributed by atoms with Gasteiger partial charge in [0.2, 0.25) is 0 Å². The minimum atomic E-state index is -0.279. The van der Waals surface area contributed by atoms with Crippen molar-refractivity contribution in [3.8, 4) is 0 Å². The molecule has 1 unspecified atom stereocenters. The average Bonchev–Trinajstić information content (AvgIpc) is 1.83. The van der Waals surface area contributed by atoms with Crippen LogP contribution in [-0.4, -0.2) is 30.3 Å². The summed E-state index contributed by atoms with van der Waals surface area (Å²) in [6.07, 6.45) is -0.279. The summed E-state index contributed by atoms with van der Waals surface area (Å²) < 4.78 is 0. The summed E-state index contributed by atoms with van der Waals surface area (Å²) in [7, 11) is 0. The van der Waals surface area contributed by atoms with Gasteiger partial charge >= 0.3 is 0 Å². The number of nitrogens with one attached hydrogen (secondary N) is 1. The van der Waals surface area contributed by atoms with Crippen molar-refractivity contribution >= 4 is 0 Å². The van der Waals surface area contributed by atoms with E-state index in [-0.39, 0.29) is 6.10 Å². The third-order valence-electron chi connectivity index (χ3n) is 1.12. The molecule has 0 spiro atoms. The lowest BCUT2D eigenvalue weighted by atomic mass is 10.3. The summed E-state index contributed by atoms with van der Waals surface area (Å²) in [6, 6.07) is 0.305. The molecule has 0 aromatic rings. The van der Waals surface area contributed by atoms with Gasteiger partial charge in [0.25, 0.3) is 0 Å². The van der Waals surface area contributed by atoms with E-state index in [1.54, 1.807) is 6.92 Å². The largest absolute Gasteiger partial charge is 0.392 e. The van der Waals surface area contributed by atoms with Crippen LogP contribution in [0.25, 0.3) is 0 Å². The van der Waals surface area contributed by atoms with Gasteiger partial charge < -0.3 is 16.2 Å². The van der Waals surface area contributed by atoms with Crippen molar-refractivity contribution in [2.45, 2.75) is 26.0 Å². The van der Waals surface area contributed by atoms with E-state index >= 15 is 0 Å². The number of aliphatic hydroxyl groups is 1. The maximum Gasteiger partial charge on any atom is 0.0636 e. The molecule has 0 rings (SSSR count). The highest BCUT2D eigenvalue weighted by Gasteiger charge is 1.98. The summed E-state index contributed by atoms with van der Waals surface area (Å²) in [6.45, 7) is 4.98. The molecule has 56 valence electrons. The Kier molecular flexibility index (Phi) is 4.67. The lowest BCUT2D eigenvalue weighted by Crippen LogP contribution is -2.37. The first kappa shape index (κ1) is 8.88. The highest BCUT2D eigenvalue weighted by Crippen LogP contribution is 1.78. The highest BCUT2D eigenvalue weighted by atomic mass is 16.3. The zero-order valence-electron chi connectivity index (χ0n) is 6.09. The van der Waals surface area contributed by atoms with Crippen molar-refractivity contribution in [3.63, 3.8) is 0 Å². The molecule has 0 aromatic carbocycles. The molecule has 2 atom stereocenters. The lowest BCUT2D eigenvalue weighted by molar-refractivity contribution is 0.187. The van der Waals surface area contributed by atoms with Crippen LogP contribution < -0.4 is 11.1 Å². The van der Waals surface area contributed by atoms with Gasteiger partial charge in [-0.25, -0.2) is 0 Å². The third kappa shape index (κ3) is 5.76. The van der Waals surface area contributed by atoms with Gasteiger partial charge in [-0.15, -0.1) is 0 Å². The van der Waals surface area contributed by atoms with Crippen molar-refractivity contribution in [3.05, 3.63) is 0 Å². The van der Waals surface area contributed by atoms with Gasteiger partial charge in [0, 0.05) is 19.1 Å². The fourth-order valence-corrected chi connectivity index (χ4v) is 0.455.